The van der Waals surface area contributed by atoms with Crippen molar-refractivity contribution in [2.45, 2.75) is 28.9 Å². The van der Waals surface area contributed by atoms with Gasteiger partial charge in [-0.05, 0) is 36.7 Å². The molecule has 0 unspecified atom stereocenters. The zero-order valence-electron chi connectivity index (χ0n) is 11.1. The summed E-state index contributed by atoms with van der Waals surface area (Å²) in [5.41, 5.74) is 3.41. The van der Waals surface area contributed by atoms with Gasteiger partial charge in [0.1, 0.15) is 16.7 Å². The molecule has 21 heavy (non-hydrogen) atoms. The van der Waals surface area contributed by atoms with Gasteiger partial charge in [-0.2, -0.15) is 0 Å². The maximum Gasteiger partial charge on any atom is 0.201 e. The Balaban J connectivity index is 1.71. The molecule has 8 heteroatoms. The second-order valence-electron chi connectivity index (χ2n) is 4.88. The molecule has 3 N–H and O–H groups in total. The SMILES string of the molecule is NNc1cc(Sc2nnc3ccccn23)nc(C2CC2)n1. The lowest BCUT2D eigenvalue weighted by Gasteiger charge is -2.06. The highest BCUT2D eigenvalue weighted by atomic mass is 32.2. The Morgan fingerprint density at radius 3 is 2.95 bits per heavy atom. The minimum absolute atomic E-state index is 0.466. The highest BCUT2D eigenvalue weighted by Crippen LogP contribution is 2.39. The van der Waals surface area contributed by atoms with Crippen LogP contribution in [0.4, 0.5) is 5.82 Å². The largest absolute Gasteiger partial charge is 0.308 e. The number of hydrogen-bond donors (Lipinski definition) is 2. The van der Waals surface area contributed by atoms with Crippen LogP contribution in [0, 0.1) is 0 Å². The molecule has 0 spiro atoms. The maximum absolute atomic E-state index is 5.49. The number of fused-ring (bicyclic) bond motifs is 1. The van der Waals surface area contributed by atoms with Crippen molar-refractivity contribution < 1.29 is 0 Å². The third-order valence-corrected chi connectivity index (χ3v) is 4.17. The fraction of sp³-hybridized carbons (Fsp3) is 0.231. The van der Waals surface area contributed by atoms with Gasteiger partial charge in [0.05, 0.1) is 0 Å². The molecule has 0 atom stereocenters. The quantitative estimate of drug-likeness (QED) is 0.431. The van der Waals surface area contributed by atoms with Crippen LogP contribution in [0.25, 0.3) is 5.65 Å². The van der Waals surface area contributed by atoms with Crippen LogP contribution in [0.5, 0.6) is 0 Å². The van der Waals surface area contributed by atoms with Gasteiger partial charge in [-0.1, -0.05) is 6.07 Å². The number of hydrogen-bond acceptors (Lipinski definition) is 7. The van der Waals surface area contributed by atoms with E-state index >= 15 is 0 Å². The summed E-state index contributed by atoms with van der Waals surface area (Å²) in [5, 5.41) is 9.93. The molecule has 1 aliphatic rings. The normalized spacial score (nSPS) is 14.5. The Kier molecular flexibility index (Phi) is 2.97. The number of nitrogens with two attached hydrogens (primary N) is 1. The minimum atomic E-state index is 0.466. The van der Waals surface area contributed by atoms with Gasteiger partial charge < -0.3 is 5.43 Å². The first-order chi connectivity index (χ1) is 10.3. The predicted octanol–water partition coefficient (Wildman–Crippen LogP) is 1.83. The first-order valence-corrected chi connectivity index (χ1v) is 7.48. The lowest BCUT2D eigenvalue weighted by Crippen LogP contribution is -2.10. The fourth-order valence-corrected chi connectivity index (χ4v) is 2.91. The van der Waals surface area contributed by atoms with E-state index in [1.807, 2.05) is 34.9 Å². The van der Waals surface area contributed by atoms with E-state index in [0.29, 0.717) is 11.7 Å². The number of nitrogens with one attached hydrogen (secondary N) is 1. The van der Waals surface area contributed by atoms with Crippen molar-refractivity contribution in [3.8, 4) is 0 Å². The summed E-state index contributed by atoms with van der Waals surface area (Å²) in [5.74, 6) is 7.43. The average Bonchev–Trinajstić information content (AvgIpc) is 3.30. The second kappa shape index (κ2) is 4.97. The van der Waals surface area contributed by atoms with Gasteiger partial charge in [0.25, 0.3) is 0 Å². The van der Waals surface area contributed by atoms with Crippen molar-refractivity contribution in [2.75, 3.05) is 5.43 Å². The summed E-state index contributed by atoms with van der Waals surface area (Å²) in [6.07, 6.45) is 4.22. The summed E-state index contributed by atoms with van der Waals surface area (Å²) in [6.45, 7) is 0. The number of nitrogens with zero attached hydrogens (tertiary/aromatic N) is 5. The third-order valence-electron chi connectivity index (χ3n) is 3.29. The van der Waals surface area contributed by atoms with Crippen LogP contribution in [-0.2, 0) is 0 Å². The number of pyridine rings is 1. The Hall–Kier alpha value is -2.19. The first kappa shape index (κ1) is 12.5. The van der Waals surface area contributed by atoms with Crippen molar-refractivity contribution in [3.63, 3.8) is 0 Å². The molecule has 7 nitrogen and oxygen atoms in total. The first-order valence-electron chi connectivity index (χ1n) is 6.67. The lowest BCUT2D eigenvalue weighted by molar-refractivity contribution is 0.868. The maximum atomic E-state index is 5.49. The van der Waals surface area contributed by atoms with Crippen molar-refractivity contribution >= 4 is 23.2 Å². The van der Waals surface area contributed by atoms with Crippen molar-refractivity contribution in [1.29, 1.82) is 0 Å². The predicted molar refractivity (Wildman–Crippen MR) is 78.9 cm³/mol. The number of hydrazine groups is 1. The van der Waals surface area contributed by atoms with Crippen molar-refractivity contribution in [3.05, 3.63) is 36.3 Å². The molecule has 1 aliphatic carbocycles. The molecule has 106 valence electrons. The summed E-state index contributed by atoms with van der Waals surface area (Å²) in [7, 11) is 0. The standard InChI is InChI=1S/C13H13N7S/c14-17-9-7-11(16-12(15-9)8-4-5-8)21-13-19-18-10-3-1-2-6-20(10)13/h1-3,6-8H,4-5,14H2,(H,15,16,17). The Morgan fingerprint density at radius 1 is 1.24 bits per heavy atom. The van der Waals surface area contributed by atoms with E-state index < -0.39 is 0 Å². The van der Waals surface area contributed by atoms with E-state index in [1.54, 1.807) is 0 Å². The van der Waals surface area contributed by atoms with E-state index in [4.69, 9.17) is 5.84 Å². The molecular formula is C13H13N7S. The highest BCUT2D eigenvalue weighted by Gasteiger charge is 2.27. The van der Waals surface area contributed by atoms with E-state index in [9.17, 15) is 0 Å². The van der Waals surface area contributed by atoms with Gasteiger partial charge in [0, 0.05) is 18.2 Å². The minimum Gasteiger partial charge on any atom is -0.308 e. The molecular weight excluding hydrogens is 286 g/mol. The average molecular weight is 299 g/mol. The molecule has 4 rings (SSSR count). The van der Waals surface area contributed by atoms with E-state index in [-0.39, 0.29) is 0 Å². The topological polar surface area (TPSA) is 94.0 Å². The Bertz CT molecular complexity index is 796. The summed E-state index contributed by atoms with van der Waals surface area (Å²) < 4.78 is 1.93. The number of anilines is 1. The molecule has 0 aromatic carbocycles. The van der Waals surface area contributed by atoms with Gasteiger partial charge in [0.15, 0.2) is 5.65 Å². The lowest BCUT2D eigenvalue weighted by atomic mass is 10.4. The van der Waals surface area contributed by atoms with Crippen LogP contribution in [0.2, 0.25) is 0 Å². The molecule has 3 aromatic heterocycles. The third kappa shape index (κ3) is 2.43. The van der Waals surface area contributed by atoms with Crippen LogP contribution in [0.3, 0.4) is 0 Å². The summed E-state index contributed by atoms with van der Waals surface area (Å²) in [4.78, 5) is 9.00. The van der Waals surface area contributed by atoms with Crippen LogP contribution in [0.1, 0.15) is 24.6 Å². The van der Waals surface area contributed by atoms with Crippen LogP contribution in [-0.4, -0.2) is 24.6 Å². The molecule has 1 saturated carbocycles. The van der Waals surface area contributed by atoms with Gasteiger partial charge >= 0.3 is 0 Å². The Morgan fingerprint density at radius 2 is 2.14 bits per heavy atom. The molecule has 0 amide bonds. The molecule has 0 bridgehead atoms. The van der Waals surface area contributed by atoms with Crippen molar-refractivity contribution in [2.24, 2.45) is 5.84 Å². The molecule has 0 radical (unpaired) electrons. The van der Waals surface area contributed by atoms with Crippen LogP contribution >= 0.6 is 11.8 Å². The molecule has 0 aliphatic heterocycles. The van der Waals surface area contributed by atoms with Gasteiger partial charge in [-0.15, -0.1) is 10.2 Å². The van der Waals surface area contributed by atoms with E-state index in [0.717, 1.165) is 34.5 Å². The fourth-order valence-electron chi connectivity index (χ4n) is 2.08. The Labute approximate surface area is 125 Å². The molecule has 3 aromatic rings. The van der Waals surface area contributed by atoms with E-state index in [2.05, 4.69) is 25.6 Å². The monoisotopic (exact) mass is 299 g/mol. The van der Waals surface area contributed by atoms with Crippen LogP contribution < -0.4 is 11.3 Å². The summed E-state index contributed by atoms with van der Waals surface area (Å²) >= 11 is 1.46. The second-order valence-corrected chi connectivity index (χ2v) is 5.87. The zero-order chi connectivity index (χ0) is 14.2. The van der Waals surface area contributed by atoms with Crippen LogP contribution in [0.15, 0.2) is 40.6 Å². The molecule has 3 heterocycles. The highest BCUT2D eigenvalue weighted by molar-refractivity contribution is 7.99. The molecule has 0 saturated heterocycles. The van der Waals surface area contributed by atoms with E-state index in [1.165, 1.54) is 11.8 Å². The van der Waals surface area contributed by atoms with Gasteiger partial charge in [0.2, 0.25) is 5.16 Å². The number of aromatic nitrogens is 5. The molecule has 1 fully saturated rings. The smallest absolute Gasteiger partial charge is 0.201 e. The number of rotatable bonds is 4. The van der Waals surface area contributed by atoms with Gasteiger partial charge in [-0.3, -0.25) is 4.40 Å². The summed E-state index contributed by atoms with van der Waals surface area (Å²) in [6, 6.07) is 7.62. The number of nitrogen functional groups attached to an aromatic ring is 1. The van der Waals surface area contributed by atoms with Crippen molar-refractivity contribution in [1.82, 2.24) is 24.6 Å². The zero-order valence-corrected chi connectivity index (χ0v) is 11.9. The van der Waals surface area contributed by atoms with Gasteiger partial charge in [-0.25, -0.2) is 15.8 Å².